The van der Waals surface area contributed by atoms with Crippen LogP contribution in [0.4, 0.5) is 5.69 Å². The van der Waals surface area contributed by atoms with Gasteiger partial charge in [0.05, 0.1) is 37.2 Å². The lowest BCUT2D eigenvalue weighted by atomic mass is 9.89. The molecule has 0 heterocycles. The van der Waals surface area contributed by atoms with Crippen LogP contribution in [0.25, 0.3) is 0 Å². The Balaban J connectivity index is 1.85. The Hall–Kier alpha value is -2.45. The summed E-state index contributed by atoms with van der Waals surface area (Å²) in [5, 5.41) is 3.27. The number of methoxy groups -OCH3 is 2. The summed E-state index contributed by atoms with van der Waals surface area (Å²) in [6.07, 6.45) is 6.25. The van der Waals surface area contributed by atoms with Gasteiger partial charge in [0.1, 0.15) is 18.0 Å². The molecular weight excluding hydrogens is 464 g/mol. The second-order valence-corrected chi connectivity index (χ2v) is 10.5. The number of nitrogens with one attached hydrogen (secondary N) is 1. The first-order chi connectivity index (χ1) is 15.7. The number of fused-ring (bicyclic) bond motifs is 1. The number of carbonyl (C=O) groups excluding carboxylic acids is 1. The molecule has 0 bridgehead atoms. The van der Waals surface area contributed by atoms with Crippen molar-refractivity contribution in [2.45, 2.75) is 45.1 Å². The van der Waals surface area contributed by atoms with E-state index in [1.807, 2.05) is 6.92 Å². The summed E-state index contributed by atoms with van der Waals surface area (Å²) < 4.78 is 36.8. The highest BCUT2D eigenvalue weighted by Crippen LogP contribution is 2.39. The Morgan fingerprint density at radius 2 is 1.76 bits per heavy atom. The quantitative estimate of drug-likeness (QED) is 0.562. The van der Waals surface area contributed by atoms with E-state index in [9.17, 15) is 13.2 Å². The largest absolute Gasteiger partial charge is 0.495 e. The van der Waals surface area contributed by atoms with Crippen LogP contribution in [0.2, 0.25) is 5.02 Å². The maximum absolute atomic E-state index is 13.0. The van der Waals surface area contributed by atoms with Crippen molar-refractivity contribution in [1.29, 1.82) is 0 Å². The van der Waals surface area contributed by atoms with Gasteiger partial charge in [-0.1, -0.05) is 36.7 Å². The molecule has 3 rings (SSSR count). The molecule has 1 aliphatic rings. The first-order valence-corrected chi connectivity index (χ1v) is 13.2. The lowest BCUT2D eigenvalue weighted by molar-refractivity contribution is -0.120. The molecule has 0 spiro atoms. The van der Waals surface area contributed by atoms with Gasteiger partial charge in [-0.25, -0.2) is 8.42 Å². The fraction of sp³-hybridized carbons (Fsp3) is 0.458. The lowest BCUT2D eigenvalue weighted by Gasteiger charge is -2.26. The smallest absolute Gasteiger partial charge is 0.241 e. The van der Waals surface area contributed by atoms with Crippen LogP contribution in [-0.2, 0) is 27.7 Å². The SMILES string of the molecule is CCC(NC(=O)CN(c1cc(OC)c(Cl)cc1OC)S(C)(=O)=O)c1ccc2c(c1)CCCC2. The van der Waals surface area contributed by atoms with Gasteiger partial charge in [-0.2, -0.15) is 0 Å². The van der Waals surface area contributed by atoms with Crippen LogP contribution >= 0.6 is 11.6 Å². The van der Waals surface area contributed by atoms with Crippen molar-refractivity contribution < 1.29 is 22.7 Å². The zero-order valence-electron chi connectivity index (χ0n) is 19.5. The van der Waals surface area contributed by atoms with Crippen molar-refractivity contribution in [1.82, 2.24) is 5.32 Å². The summed E-state index contributed by atoms with van der Waals surface area (Å²) >= 11 is 6.16. The third kappa shape index (κ3) is 5.92. The average Bonchev–Trinajstić information content (AvgIpc) is 2.80. The normalized spacial score (nSPS) is 14.2. The second-order valence-electron chi connectivity index (χ2n) is 8.19. The number of nitrogens with zero attached hydrogens (tertiary/aromatic N) is 1. The number of amides is 1. The van der Waals surface area contributed by atoms with Crippen molar-refractivity contribution >= 4 is 33.2 Å². The molecule has 0 radical (unpaired) electrons. The molecule has 0 saturated heterocycles. The molecule has 0 aromatic heterocycles. The number of hydrogen-bond acceptors (Lipinski definition) is 5. The minimum Gasteiger partial charge on any atom is -0.495 e. The Bertz CT molecular complexity index is 1120. The number of ether oxygens (including phenoxy) is 2. The number of halogens is 1. The zero-order chi connectivity index (χ0) is 24.2. The predicted molar refractivity (Wildman–Crippen MR) is 131 cm³/mol. The summed E-state index contributed by atoms with van der Waals surface area (Å²) in [5.74, 6) is 0.0868. The number of hydrogen-bond donors (Lipinski definition) is 1. The fourth-order valence-corrected chi connectivity index (χ4v) is 5.26. The van der Waals surface area contributed by atoms with E-state index < -0.39 is 22.5 Å². The number of benzene rings is 2. The molecule has 33 heavy (non-hydrogen) atoms. The molecule has 180 valence electrons. The summed E-state index contributed by atoms with van der Waals surface area (Å²) in [7, 11) is -0.971. The molecule has 0 aliphatic heterocycles. The summed E-state index contributed by atoms with van der Waals surface area (Å²) in [4.78, 5) is 13.0. The van der Waals surface area contributed by atoms with Crippen LogP contribution in [-0.4, -0.2) is 41.3 Å². The predicted octanol–water partition coefficient (Wildman–Crippen LogP) is 4.27. The Morgan fingerprint density at radius 1 is 1.09 bits per heavy atom. The highest BCUT2D eigenvalue weighted by atomic mass is 35.5. The van der Waals surface area contributed by atoms with Crippen molar-refractivity contribution in [2.75, 3.05) is 31.3 Å². The van der Waals surface area contributed by atoms with Crippen molar-refractivity contribution in [3.63, 3.8) is 0 Å². The van der Waals surface area contributed by atoms with Crippen molar-refractivity contribution in [2.24, 2.45) is 0 Å². The van der Waals surface area contributed by atoms with Crippen molar-refractivity contribution in [3.05, 3.63) is 52.0 Å². The van der Waals surface area contributed by atoms with E-state index in [4.69, 9.17) is 21.1 Å². The van der Waals surface area contributed by atoms with E-state index in [0.717, 1.165) is 29.0 Å². The number of sulfonamides is 1. The number of carbonyl (C=O) groups is 1. The van der Waals surface area contributed by atoms with E-state index in [0.29, 0.717) is 6.42 Å². The minimum atomic E-state index is -3.81. The summed E-state index contributed by atoms with van der Waals surface area (Å²) in [5.41, 5.74) is 3.92. The Labute approximate surface area is 201 Å². The van der Waals surface area contributed by atoms with Gasteiger partial charge in [-0.15, -0.1) is 0 Å². The summed E-state index contributed by atoms with van der Waals surface area (Å²) in [6, 6.07) is 9.08. The monoisotopic (exact) mass is 494 g/mol. The van der Waals surface area contributed by atoms with Crippen LogP contribution in [0.1, 0.15) is 48.9 Å². The van der Waals surface area contributed by atoms with E-state index >= 15 is 0 Å². The molecule has 7 nitrogen and oxygen atoms in total. The highest BCUT2D eigenvalue weighted by molar-refractivity contribution is 7.92. The molecule has 9 heteroatoms. The van der Waals surface area contributed by atoms with Crippen molar-refractivity contribution in [3.8, 4) is 11.5 Å². The van der Waals surface area contributed by atoms with Gasteiger partial charge in [-0.05, 0) is 48.8 Å². The fourth-order valence-electron chi connectivity index (χ4n) is 4.18. The van der Waals surface area contributed by atoms with Crippen LogP contribution in [0, 0.1) is 0 Å². The Kier molecular flexibility index (Phi) is 8.13. The topological polar surface area (TPSA) is 84.9 Å². The minimum absolute atomic E-state index is 0.179. The van der Waals surface area contributed by atoms with Gasteiger partial charge in [0, 0.05) is 12.1 Å². The maximum atomic E-state index is 13.0. The lowest BCUT2D eigenvalue weighted by Crippen LogP contribution is -2.41. The summed E-state index contributed by atoms with van der Waals surface area (Å²) in [6.45, 7) is 1.59. The van der Waals surface area contributed by atoms with E-state index in [2.05, 4.69) is 23.5 Å². The molecule has 0 saturated carbocycles. The number of aryl methyl sites for hydroxylation is 2. The molecule has 1 amide bonds. The molecule has 0 fully saturated rings. The zero-order valence-corrected chi connectivity index (χ0v) is 21.1. The van der Waals surface area contributed by atoms with Gasteiger partial charge in [0.25, 0.3) is 0 Å². The first-order valence-electron chi connectivity index (χ1n) is 11.0. The number of anilines is 1. The maximum Gasteiger partial charge on any atom is 0.241 e. The van der Waals surface area contributed by atoms with Gasteiger partial charge >= 0.3 is 0 Å². The third-order valence-electron chi connectivity index (χ3n) is 5.93. The van der Waals surface area contributed by atoms with Gasteiger partial charge in [0.2, 0.25) is 15.9 Å². The van der Waals surface area contributed by atoms with E-state index in [-0.39, 0.29) is 28.3 Å². The molecule has 1 unspecified atom stereocenters. The molecular formula is C24H31ClN2O5S. The van der Waals surface area contributed by atoms with E-state index in [1.54, 1.807) is 0 Å². The molecule has 1 aliphatic carbocycles. The van der Waals surface area contributed by atoms with Crippen LogP contribution in [0.3, 0.4) is 0 Å². The third-order valence-corrected chi connectivity index (χ3v) is 7.35. The first kappa shape index (κ1) is 25.2. The Morgan fingerprint density at radius 3 is 2.36 bits per heavy atom. The van der Waals surface area contributed by atoms with Crippen LogP contribution in [0.5, 0.6) is 11.5 Å². The standard InChI is InChI=1S/C24H31ClN2O5S/c1-5-20(18-11-10-16-8-6-7-9-17(16)12-18)26-24(28)15-27(33(4,29)30)21-14-22(31-2)19(25)13-23(21)32-3/h10-14,20H,5-9,15H2,1-4H3,(H,26,28). The van der Waals surface area contributed by atoms with Crippen LogP contribution < -0.4 is 19.1 Å². The molecule has 2 aromatic rings. The van der Waals surface area contributed by atoms with Gasteiger partial charge in [-0.3, -0.25) is 9.10 Å². The average molecular weight is 495 g/mol. The van der Waals surface area contributed by atoms with E-state index in [1.165, 1.54) is 50.3 Å². The molecule has 2 aromatic carbocycles. The van der Waals surface area contributed by atoms with Crippen LogP contribution in [0.15, 0.2) is 30.3 Å². The van der Waals surface area contributed by atoms with Gasteiger partial charge < -0.3 is 14.8 Å². The number of rotatable bonds is 9. The molecule has 1 N–H and O–H groups in total. The van der Waals surface area contributed by atoms with Gasteiger partial charge in [0.15, 0.2) is 0 Å². The second kappa shape index (κ2) is 10.7. The molecule has 1 atom stereocenters. The highest BCUT2D eigenvalue weighted by Gasteiger charge is 2.27.